The molecule has 23 heavy (non-hydrogen) atoms. The second kappa shape index (κ2) is 6.27. The van der Waals surface area contributed by atoms with Crippen molar-refractivity contribution in [3.63, 3.8) is 0 Å². The molecule has 0 saturated heterocycles. The van der Waals surface area contributed by atoms with Gasteiger partial charge in [0.1, 0.15) is 5.82 Å². The number of para-hydroxylation sites is 1. The van der Waals surface area contributed by atoms with Crippen LogP contribution < -0.4 is 0 Å². The van der Waals surface area contributed by atoms with E-state index < -0.39 is 5.97 Å². The zero-order valence-corrected chi connectivity index (χ0v) is 12.1. The fourth-order valence-electron chi connectivity index (χ4n) is 2.19. The first-order valence-electron chi connectivity index (χ1n) is 6.95. The van der Waals surface area contributed by atoms with Crippen LogP contribution in [-0.4, -0.2) is 21.9 Å². The van der Waals surface area contributed by atoms with E-state index in [1.54, 1.807) is 36.5 Å². The van der Waals surface area contributed by atoms with E-state index in [2.05, 4.69) is 4.99 Å². The van der Waals surface area contributed by atoms with Gasteiger partial charge in [0, 0.05) is 11.9 Å². The highest BCUT2D eigenvalue weighted by Crippen LogP contribution is 2.17. The van der Waals surface area contributed by atoms with E-state index in [-0.39, 0.29) is 17.1 Å². The Morgan fingerprint density at radius 3 is 2.48 bits per heavy atom. The molecule has 1 N–H and O–H groups in total. The summed E-state index contributed by atoms with van der Waals surface area (Å²) in [5.74, 6) is -1.35. The van der Waals surface area contributed by atoms with Gasteiger partial charge in [-0.2, -0.15) is 0 Å². The molecule has 0 amide bonds. The molecule has 1 heterocycles. The molecule has 0 spiro atoms. The minimum absolute atomic E-state index is 0.225. The Kier molecular flexibility index (Phi) is 4.01. The molecule has 114 valence electrons. The fraction of sp³-hybridized carbons (Fsp3) is 0. The Bertz CT molecular complexity index is 867. The predicted octanol–water partition coefficient (Wildman–Crippen LogP) is 4.07. The van der Waals surface area contributed by atoms with Gasteiger partial charge in [0.05, 0.1) is 23.2 Å². The summed E-state index contributed by atoms with van der Waals surface area (Å²) in [6.45, 7) is 0. The lowest BCUT2D eigenvalue weighted by Crippen LogP contribution is -2.00. The predicted molar refractivity (Wildman–Crippen MR) is 86.4 cm³/mol. The highest BCUT2D eigenvalue weighted by atomic mass is 19.1. The maximum Gasteiger partial charge on any atom is 0.335 e. The molecule has 0 saturated carbocycles. The van der Waals surface area contributed by atoms with Crippen molar-refractivity contribution in [1.29, 1.82) is 0 Å². The highest BCUT2D eigenvalue weighted by Gasteiger charge is 2.05. The summed E-state index contributed by atoms with van der Waals surface area (Å²) in [5, 5.41) is 8.93. The van der Waals surface area contributed by atoms with Crippen molar-refractivity contribution < 1.29 is 14.3 Å². The zero-order valence-electron chi connectivity index (χ0n) is 12.1. The van der Waals surface area contributed by atoms with Gasteiger partial charge in [0.15, 0.2) is 0 Å². The zero-order chi connectivity index (χ0) is 16.2. The van der Waals surface area contributed by atoms with Gasteiger partial charge in [-0.05, 0) is 48.5 Å². The standard InChI is InChI=1S/C18H13FN2O2/c19-16-5-1-2-6-17(16)20-12-15-4-3-11-21(15)14-9-7-13(8-10-14)18(22)23/h1-12H,(H,22,23). The minimum Gasteiger partial charge on any atom is -0.478 e. The van der Waals surface area contributed by atoms with Gasteiger partial charge < -0.3 is 9.67 Å². The molecule has 0 aliphatic heterocycles. The van der Waals surface area contributed by atoms with E-state index >= 15 is 0 Å². The average molecular weight is 308 g/mol. The van der Waals surface area contributed by atoms with Crippen LogP contribution in [0.2, 0.25) is 0 Å². The molecule has 4 nitrogen and oxygen atoms in total. The molecule has 3 rings (SSSR count). The number of benzene rings is 2. The van der Waals surface area contributed by atoms with Crippen molar-refractivity contribution >= 4 is 17.9 Å². The number of nitrogens with zero attached hydrogens (tertiary/aromatic N) is 2. The van der Waals surface area contributed by atoms with Crippen molar-refractivity contribution in [2.45, 2.75) is 0 Å². The number of aromatic nitrogens is 1. The number of carbonyl (C=O) groups is 1. The maximum atomic E-state index is 13.6. The van der Waals surface area contributed by atoms with Gasteiger partial charge >= 0.3 is 5.97 Å². The summed E-state index contributed by atoms with van der Waals surface area (Å²) < 4.78 is 15.4. The van der Waals surface area contributed by atoms with E-state index in [0.717, 1.165) is 11.4 Å². The number of carboxylic acid groups (broad SMARTS) is 1. The first-order valence-corrected chi connectivity index (χ1v) is 6.95. The monoisotopic (exact) mass is 308 g/mol. The van der Waals surface area contributed by atoms with Crippen molar-refractivity contribution in [2.75, 3.05) is 0 Å². The Hall–Kier alpha value is -3.21. The van der Waals surface area contributed by atoms with Gasteiger partial charge in [-0.15, -0.1) is 0 Å². The quantitative estimate of drug-likeness (QED) is 0.739. The SMILES string of the molecule is O=C(O)c1ccc(-n2cccc2C=Nc2ccccc2F)cc1. The second-order valence-corrected chi connectivity index (χ2v) is 4.86. The first-order chi connectivity index (χ1) is 11.1. The van der Waals surface area contributed by atoms with Gasteiger partial charge in [-0.1, -0.05) is 12.1 Å². The van der Waals surface area contributed by atoms with Crippen LogP contribution >= 0.6 is 0 Å². The van der Waals surface area contributed by atoms with Crippen molar-refractivity contribution in [3.8, 4) is 5.69 Å². The van der Waals surface area contributed by atoms with Crippen molar-refractivity contribution in [2.24, 2.45) is 4.99 Å². The molecule has 5 heteroatoms. The first kappa shape index (κ1) is 14.7. The Balaban J connectivity index is 1.90. The third-order valence-electron chi connectivity index (χ3n) is 3.36. The normalized spacial score (nSPS) is 11.0. The number of halogens is 1. The summed E-state index contributed by atoms with van der Waals surface area (Å²) >= 11 is 0. The van der Waals surface area contributed by atoms with Crippen LogP contribution in [0.1, 0.15) is 16.1 Å². The maximum absolute atomic E-state index is 13.6. The Morgan fingerprint density at radius 1 is 1.04 bits per heavy atom. The Labute approximate surface area is 132 Å². The second-order valence-electron chi connectivity index (χ2n) is 4.86. The number of carboxylic acids is 1. The lowest BCUT2D eigenvalue weighted by Gasteiger charge is -2.06. The topological polar surface area (TPSA) is 54.6 Å². The van der Waals surface area contributed by atoms with Gasteiger partial charge in [-0.3, -0.25) is 4.99 Å². The molecule has 0 fully saturated rings. The molecule has 0 bridgehead atoms. The van der Waals surface area contributed by atoms with Crippen LogP contribution in [0.5, 0.6) is 0 Å². The van der Waals surface area contributed by atoms with E-state index in [9.17, 15) is 9.18 Å². The number of aliphatic imine (C=N–C) groups is 1. The summed E-state index contributed by atoms with van der Waals surface area (Å²) in [6.07, 6.45) is 3.40. The molecule has 0 radical (unpaired) electrons. The molecule has 1 aromatic heterocycles. The summed E-state index contributed by atoms with van der Waals surface area (Å²) in [6, 6.07) is 16.5. The molecular weight excluding hydrogens is 295 g/mol. The molecular formula is C18H13FN2O2. The molecule has 0 atom stereocenters. The molecule has 0 aliphatic carbocycles. The van der Waals surface area contributed by atoms with Crippen molar-refractivity contribution in [1.82, 2.24) is 4.57 Å². The largest absolute Gasteiger partial charge is 0.478 e. The lowest BCUT2D eigenvalue weighted by atomic mass is 10.2. The summed E-state index contributed by atoms with van der Waals surface area (Å²) in [7, 11) is 0. The molecule has 2 aromatic carbocycles. The van der Waals surface area contributed by atoms with Crippen LogP contribution in [0.15, 0.2) is 71.9 Å². The molecule has 3 aromatic rings. The van der Waals surface area contributed by atoms with Crippen LogP contribution in [0, 0.1) is 5.82 Å². The van der Waals surface area contributed by atoms with Gasteiger partial charge in [0.2, 0.25) is 0 Å². The summed E-state index contributed by atoms with van der Waals surface area (Å²) in [5.41, 5.74) is 2.05. The third kappa shape index (κ3) is 3.18. The van der Waals surface area contributed by atoms with Crippen LogP contribution in [-0.2, 0) is 0 Å². The van der Waals surface area contributed by atoms with E-state index in [0.29, 0.717) is 0 Å². The van der Waals surface area contributed by atoms with E-state index in [1.165, 1.54) is 18.2 Å². The number of hydrogen-bond acceptors (Lipinski definition) is 2. The van der Waals surface area contributed by atoms with Gasteiger partial charge in [-0.25, -0.2) is 9.18 Å². The van der Waals surface area contributed by atoms with E-state index in [4.69, 9.17) is 5.11 Å². The molecule has 0 unspecified atom stereocenters. The van der Waals surface area contributed by atoms with Gasteiger partial charge in [0.25, 0.3) is 0 Å². The van der Waals surface area contributed by atoms with Crippen LogP contribution in [0.4, 0.5) is 10.1 Å². The van der Waals surface area contributed by atoms with Crippen LogP contribution in [0.3, 0.4) is 0 Å². The lowest BCUT2D eigenvalue weighted by molar-refractivity contribution is 0.0697. The summed E-state index contributed by atoms with van der Waals surface area (Å²) in [4.78, 5) is 15.1. The smallest absolute Gasteiger partial charge is 0.335 e. The van der Waals surface area contributed by atoms with Crippen LogP contribution in [0.25, 0.3) is 5.69 Å². The number of rotatable bonds is 4. The van der Waals surface area contributed by atoms with E-state index in [1.807, 2.05) is 22.9 Å². The van der Waals surface area contributed by atoms with Crippen molar-refractivity contribution in [3.05, 3.63) is 83.9 Å². The fourth-order valence-corrected chi connectivity index (χ4v) is 2.19. The number of hydrogen-bond donors (Lipinski definition) is 1. The highest BCUT2D eigenvalue weighted by molar-refractivity contribution is 5.88. The average Bonchev–Trinajstić information content (AvgIpc) is 3.02. The molecule has 0 aliphatic rings. The Morgan fingerprint density at radius 2 is 1.78 bits per heavy atom. The minimum atomic E-state index is -0.967. The number of aromatic carboxylic acids is 1. The third-order valence-corrected chi connectivity index (χ3v) is 3.36.